The number of carbonyl (C=O) groups is 1. The van der Waals surface area contributed by atoms with Crippen LogP contribution in [0.2, 0.25) is 0 Å². The van der Waals surface area contributed by atoms with Crippen molar-refractivity contribution >= 4 is 35.8 Å². The maximum absolute atomic E-state index is 12.1. The van der Waals surface area contributed by atoms with Gasteiger partial charge in [0, 0.05) is 37.8 Å². The van der Waals surface area contributed by atoms with E-state index < -0.39 is 0 Å². The van der Waals surface area contributed by atoms with Crippen LogP contribution in [0.3, 0.4) is 0 Å². The Bertz CT molecular complexity index is 712. The van der Waals surface area contributed by atoms with Crippen molar-refractivity contribution in [3.05, 3.63) is 35.4 Å². The predicted molar refractivity (Wildman–Crippen MR) is 139 cm³/mol. The molecule has 0 spiro atoms. The number of aliphatic imine (C=N–C) groups is 1. The number of halogens is 1. The molecule has 0 bridgehead atoms. The van der Waals surface area contributed by atoms with E-state index in [4.69, 9.17) is 0 Å². The van der Waals surface area contributed by atoms with Crippen molar-refractivity contribution in [1.82, 2.24) is 20.9 Å². The summed E-state index contributed by atoms with van der Waals surface area (Å²) >= 11 is 0. The Morgan fingerprint density at radius 1 is 1.03 bits per heavy atom. The van der Waals surface area contributed by atoms with Gasteiger partial charge in [-0.2, -0.15) is 0 Å². The van der Waals surface area contributed by atoms with Crippen molar-refractivity contribution in [2.24, 2.45) is 4.99 Å². The molecule has 0 radical (unpaired) electrons. The molecule has 1 aliphatic carbocycles. The van der Waals surface area contributed by atoms with Crippen LogP contribution in [0.15, 0.2) is 29.3 Å². The molecule has 1 saturated heterocycles. The molecule has 2 aliphatic rings. The Kier molecular flexibility index (Phi) is 11.1. The van der Waals surface area contributed by atoms with Crippen molar-refractivity contribution in [3.63, 3.8) is 0 Å². The molecule has 31 heavy (non-hydrogen) atoms. The first-order chi connectivity index (χ1) is 14.7. The number of hydrogen-bond donors (Lipinski definition) is 3. The normalized spacial score (nSPS) is 19.2. The van der Waals surface area contributed by atoms with Crippen molar-refractivity contribution in [1.29, 1.82) is 0 Å². The molecule has 1 saturated carbocycles. The fraction of sp³-hybridized carbons (Fsp3) is 0.667. The molecule has 0 atom stereocenters. The minimum absolute atomic E-state index is 0. The number of nitrogens with one attached hydrogen (secondary N) is 3. The molecule has 1 heterocycles. The van der Waals surface area contributed by atoms with E-state index in [1.54, 1.807) is 0 Å². The second-order valence-corrected chi connectivity index (χ2v) is 8.67. The molecular weight excluding hydrogens is 501 g/mol. The lowest BCUT2D eigenvalue weighted by Crippen LogP contribution is -2.59. The van der Waals surface area contributed by atoms with Gasteiger partial charge in [-0.05, 0) is 63.4 Å². The van der Waals surface area contributed by atoms with Crippen LogP contribution in [0, 0.1) is 0 Å². The van der Waals surface area contributed by atoms with Crippen LogP contribution in [-0.4, -0.2) is 55.5 Å². The highest BCUT2D eigenvalue weighted by molar-refractivity contribution is 14.0. The topological polar surface area (TPSA) is 68.8 Å². The molecule has 0 aromatic heterocycles. The number of guanidine groups is 1. The molecule has 0 unspecified atom stereocenters. The molecule has 1 aromatic carbocycles. The number of benzene rings is 1. The van der Waals surface area contributed by atoms with Crippen molar-refractivity contribution in [2.75, 3.05) is 33.2 Å². The second kappa shape index (κ2) is 13.3. The minimum Gasteiger partial charge on any atom is -0.355 e. The van der Waals surface area contributed by atoms with E-state index >= 15 is 0 Å². The van der Waals surface area contributed by atoms with Crippen LogP contribution in [0.5, 0.6) is 0 Å². The van der Waals surface area contributed by atoms with Gasteiger partial charge < -0.3 is 16.0 Å². The summed E-state index contributed by atoms with van der Waals surface area (Å²) in [6.07, 6.45) is 10.6. The summed E-state index contributed by atoms with van der Waals surface area (Å²) in [7, 11) is 1.83. The average Bonchev–Trinajstić information content (AvgIpc) is 2.81. The van der Waals surface area contributed by atoms with E-state index in [9.17, 15) is 4.79 Å². The first-order valence-electron chi connectivity index (χ1n) is 11.7. The third kappa shape index (κ3) is 7.34. The van der Waals surface area contributed by atoms with Gasteiger partial charge in [0.25, 0.3) is 5.91 Å². The SMILES string of the molecule is CCNC(=O)c1cccc(CNC(=NC)NCC2(N3CCCCC3)CCCCC2)c1.I. The standard InChI is InChI=1S/C24H39N5O.HI/c1-3-26-22(30)21-12-10-11-20(17-21)18-27-23(25-2)28-19-24(13-6-4-7-14-24)29-15-8-5-9-16-29;/h10-12,17H,3-9,13-16,18-19H2,1-2H3,(H,26,30)(H2,25,27,28);1H. The van der Waals surface area contributed by atoms with Gasteiger partial charge in [-0.25, -0.2) is 0 Å². The smallest absolute Gasteiger partial charge is 0.251 e. The Labute approximate surface area is 205 Å². The summed E-state index contributed by atoms with van der Waals surface area (Å²) in [4.78, 5) is 19.3. The summed E-state index contributed by atoms with van der Waals surface area (Å²) in [5.74, 6) is 0.808. The molecule has 1 aromatic rings. The zero-order valence-electron chi connectivity index (χ0n) is 19.2. The van der Waals surface area contributed by atoms with E-state index in [-0.39, 0.29) is 35.4 Å². The molecule has 3 rings (SSSR count). The zero-order chi connectivity index (χ0) is 21.2. The van der Waals surface area contributed by atoms with Gasteiger partial charge in [-0.3, -0.25) is 14.7 Å². The minimum atomic E-state index is -0.0253. The quantitative estimate of drug-likeness (QED) is 0.278. The fourth-order valence-corrected chi connectivity index (χ4v) is 4.92. The lowest BCUT2D eigenvalue weighted by Gasteiger charge is -2.48. The lowest BCUT2D eigenvalue weighted by atomic mass is 9.79. The Morgan fingerprint density at radius 2 is 1.74 bits per heavy atom. The Balaban J connectivity index is 0.00000341. The summed E-state index contributed by atoms with van der Waals surface area (Å²) in [6, 6.07) is 7.78. The number of piperidine rings is 1. The fourth-order valence-electron chi connectivity index (χ4n) is 4.92. The molecule has 1 amide bonds. The number of amides is 1. The third-order valence-electron chi connectivity index (χ3n) is 6.61. The van der Waals surface area contributed by atoms with E-state index in [2.05, 4.69) is 25.8 Å². The van der Waals surface area contributed by atoms with E-state index in [1.807, 2.05) is 38.2 Å². The van der Waals surface area contributed by atoms with Crippen LogP contribution in [0.25, 0.3) is 0 Å². The molecule has 1 aliphatic heterocycles. The largest absolute Gasteiger partial charge is 0.355 e. The van der Waals surface area contributed by atoms with Crippen LogP contribution in [0.4, 0.5) is 0 Å². The summed E-state index contributed by atoms with van der Waals surface area (Å²) < 4.78 is 0. The summed E-state index contributed by atoms with van der Waals surface area (Å²) in [5, 5.41) is 9.91. The molecular formula is C24H40IN5O. The van der Waals surface area contributed by atoms with E-state index in [0.717, 1.165) is 18.1 Å². The van der Waals surface area contributed by atoms with Crippen LogP contribution >= 0.6 is 24.0 Å². The number of carbonyl (C=O) groups excluding carboxylic acids is 1. The molecule has 6 nitrogen and oxygen atoms in total. The first kappa shape index (κ1) is 25.9. The number of rotatable bonds is 7. The Hall–Kier alpha value is -1.35. The monoisotopic (exact) mass is 541 g/mol. The van der Waals surface area contributed by atoms with Gasteiger partial charge in [0.15, 0.2) is 5.96 Å². The van der Waals surface area contributed by atoms with Crippen molar-refractivity contribution in [2.45, 2.75) is 70.4 Å². The van der Waals surface area contributed by atoms with Crippen LogP contribution in [0.1, 0.15) is 74.2 Å². The predicted octanol–water partition coefficient (Wildman–Crippen LogP) is 3.91. The van der Waals surface area contributed by atoms with Gasteiger partial charge in [0.2, 0.25) is 0 Å². The Morgan fingerprint density at radius 3 is 2.42 bits per heavy atom. The van der Waals surface area contributed by atoms with Gasteiger partial charge in [0.1, 0.15) is 0 Å². The highest BCUT2D eigenvalue weighted by atomic mass is 127. The number of nitrogens with zero attached hydrogens (tertiary/aromatic N) is 2. The number of likely N-dealkylation sites (tertiary alicyclic amines) is 1. The highest BCUT2D eigenvalue weighted by Crippen LogP contribution is 2.35. The van der Waals surface area contributed by atoms with Gasteiger partial charge in [-0.15, -0.1) is 24.0 Å². The highest BCUT2D eigenvalue weighted by Gasteiger charge is 2.38. The molecule has 174 valence electrons. The van der Waals surface area contributed by atoms with Crippen molar-refractivity contribution < 1.29 is 4.79 Å². The zero-order valence-corrected chi connectivity index (χ0v) is 21.5. The summed E-state index contributed by atoms with van der Waals surface area (Å²) in [6.45, 7) is 6.63. The molecule has 3 N–H and O–H groups in total. The second-order valence-electron chi connectivity index (χ2n) is 8.67. The van der Waals surface area contributed by atoms with Gasteiger partial charge in [0.05, 0.1) is 0 Å². The lowest BCUT2D eigenvalue weighted by molar-refractivity contribution is 0.0368. The van der Waals surface area contributed by atoms with E-state index in [0.29, 0.717) is 18.7 Å². The number of hydrogen-bond acceptors (Lipinski definition) is 3. The summed E-state index contributed by atoms with van der Waals surface area (Å²) in [5.41, 5.74) is 2.05. The first-order valence-corrected chi connectivity index (χ1v) is 11.7. The third-order valence-corrected chi connectivity index (χ3v) is 6.61. The molecule has 2 fully saturated rings. The maximum Gasteiger partial charge on any atom is 0.251 e. The van der Waals surface area contributed by atoms with Crippen LogP contribution in [-0.2, 0) is 6.54 Å². The van der Waals surface area contributed by atoms with Crippen LogP contribution < -0.4 is 16.0 Å². The van der Waals surface area contributed by atoms with Crippen molar-refractivity contribution in [3.8, 4) is 0 Å². The molecule has 7 heteroatoms. The average molecular weight is 542 g/mol. The van der Waals surface area contributed by atoms with Gasteiger partial charge in [-0.1, -0.05) is 37.8 Å². The van der Waals surface area contributed by atoms with Gasteiger partial charge >= 0.3 is 0 Å². The van der Waals surface area contributed by atoms with E-state index in [1.165, 1.54) is 64.5 Å². The maximum atomic E-state index is 12.1.